The molecule has 0 radical (unpaired) electrons. The van der Waals surface area contributed by atoms with Gasteiger partial charge in [-0.25, -0.2) is 8.42 Å². The van der Waals surface area contributed by atoms with Crippen LogP contribution >= 0.6 is 11.6 Å². The third-order valence-electron chi connectivity index (χ3n) is 4.44. The summed E-state index contributed by atoms with van der Waals surface area (Å²) in [5.41, 5.74) is 1.27. The molecule has 0 aliphatic heterocycles. The first-order valence-electron chi connectivity index (χ1n) is 8.97. The maximum Gasteiger partial charge on any atom is 0.232 e. The summed E-state index contributed by atoms with van der Waals surface area (Å²) in [6, 6.07) is 5.30. The Morgan fingerprint density at radius 3 is 2.27 bits per heavy atom. The van der Waals surface area contributed by atoms with Gasteiger partial charge >= 0.3 is 0 Å². The van der Waals surface area contributed by atoms with Gasteiger partial charge in [-0.1, -0.05) is 45.4 Å². The zero-order valence-electron chi connectivity index (χ0n) is 16.5. The molecule has 1 rings (SSSR count). The highest BCUT2D eigenvalue weighted by atomic mass is 35.5. The van der Waals surface area contributed by atoms with Crippen LogP contribution in [0.1, 0.15) is 46.1 Å². The molecule has 0 unspecified atom stereocenters. The van der Waals surface area contributed by atoms with Crippen LogP contribution in [0.3, 0.4) is 0 Å². The molecule has 0 saturated heterocycles. The number of amides is 1. The van der Waals surface area contributed by atoms with Crippen molar-refractivity contribution in [2.24, 2.45) is 11.8 Å². The van der Waals surface area contributed by atoms with E-state index in [1.807, 2.05) is 0 Å². The summed E-state index contributed by atoms with van der Waals surface area (Å²) in [4.78, 5) is 12.3. The normalized spacial score (nSPS) is 12.1. The predicted octanol–water partition coefficient (Wildman–Crippen LogP) is 3.99. The Bertz CT molecular complexity index is 709. The molecule has 148 valence electrons. The van der Waals surface area contributed by atoms with Crippen molar-refractivity contribution in [3.63, 3.8) is 0 Å². The molecule has 0 aliphatic carbocycles. The largest absolute Gasteiger partial charge is 0.353 e. The van der Waals surface area contributed by atoms with Gasteiger partial charge in [-0.3, -0.25) is 9.10 Å². The van der Waals surface area contributed by atoms with Crippen LogP contribution in [0.25, 0.3) is 0 Å². The SMILES string of the molecule is Cc1c(Cl)cccc1N(CCCC(=O)NC(C(C)C)C(C)C)S(C)(=O)=O. The van der Waals surface area contributed by atoms with Gasteiger partial charge < -0.3 is 5.32 Å². The molecule has 26 heavy (non-hydrogen) atoms. The third-order valence-corrected chi connectivity index (χ3v) is 6.03. The van der Waals surface area contributed by atoms with E-state index in [1.165, 1.54) is 10.6 Å². The summed E-state index contributed by atoms with van der Waals surface area (Å²) in [6.07, 6.45) is 1.89. The maximum atomic E-state index is 12.3. The molecule has 0 saturated carbocycles. The number of hydrogen-bond acceptors (Lipinski definition) is 3. The lowest BCUT2D eigenvalue weighted by molar-refractivity contribution is -0.122. The van der Waals surface area contributed by atoms with Gasteiger partial charge in [-0.2, -0.15) is 0 Å². The molecule has 0 aliphatic rings. The Hall–Kier alpha value is -1.27. The van der Waals surface area contributed by atoms with Crippen LogP contribution in [0.15, 0.2) is 18.2 Å². The van der Waals surface area contributed by atoms with Crippen LogP contribution in [-0.4, -0.2) is 33.2 Å². The topological polar surface area (TPSA) is 66.5 Å². The van der Waals surface area contributed by atoms with Crippen molar-refractivity contribution >= 4 is 33.2 Å². The number of sulfonamides is 1. The van der Waals surface area contributed by atoms with Gasteiger partial charge in [0.15, 0.2) is 0 Å². The van der Waals surface area contributed by atoms with Crippen LogP contribution in [-0.2, 0) is 14.8 Å². The van der Waals surface area contributed by atoms with E-state index in [0.717, 1.165) is 0 Å². The first-order valence-corrected chi connectivity index (χ1v) is 11.2. The molecule has 0 heterocycles. The molecule has 0 atom stereocenters. The number of carbonyl (C=O) groups excluding carboxylic acids is 1. The summed E-state index contributed by atoms with van der Waals surface area (Å²) < 4.78 is 25.7. The van der Waals surface area contributed by atoms with E-state index in [1.54, 1.807) is 25.1 Å². The molecule has 1 N–H and O–H groups in total. The summed E-state index contributed by atoms with van der Waals surface area (Å²) in [6.45, 7) is 10.4. The molecule has 7 heteroatoms. The molecule has 0 aromatic heterocycles. The molecule has 1 aromatic carbocycles. The van der Waals surface area contributed by atoms with Crippen LogP contribution in [0.4, 0.5) is 5.69 Å². The second-order valence-corrected chi connectivity index (χ2v) is 9.72. The summed E-state index contributed by atoms with van der Waals surface area (Å²) >= 11 is 6.12. The Kier molecular flexibility index (Phi) is 8.41. The van der Waals surface area contributed by atoms with Crippen LogP contribution in [0, 0.1) is 18.8 Å². The van der Waals surface area contributed by atoms with Crippen LogP contribution in [0.5, 0.6) is 0 Å². The first kappa shape index (κ1) is 22.8. The number of nitrogens with zero attached hydrogens (tertiary/aromatic N) is 1. The van der Waals surface area contributed by atoms with E-state index in [-0.39, 0.29) is 24.9 Å². The van der Waals surface area contributed by atoms with Crippen molar-refractivity contribution in [3.05, 3.63) is 28.8 Å². The minimum absolute atomic E-state index is 0.0475. The molecule has 0 bridgehead atoms. The number of rotatable bonds is 9. The molecule has 5 nitrogen and oxygen atoms in total. The lowest BCUT2D eigenvalue weighted by atomic mass is 9.93. The minimum atomic E-state index is -3.46. The smallest absolute Gasteiger partial charge is 0.232 e. The monoisotopic (exact) mass is 402 g/mol. The van der Waals surface area contributed by atoms with Crippen molar-refractivity contribution in [1.29, 1.82) is 0 Å². The summed E-state index contributed by atoms with van der Waals surface area (Å²) in [5, 5.41) is 3.58. The second-order valence-electron chi connectivity index (χ2n) is 7.40. The van der Waals surface area contributed by atoms with Gasteiger partial charge in [0.2, 0.25) is 15.9 Å². The fourth-order valence-corrected chi connectivity index (χ4v) is 4.26. The molecule has 1 amide bonds. The maximum absolute atomic E-state index is 12.3. The number of halogens is 1. The fourth-order valence-electron chi connectivity index (χ4n) is 3.08. The second kappa shape index (κ2) is 9.60. The lowest BCUT2D eigenvalue weighted by Crippen LogP contribution is -2.42. The third kappa shape index (κ3) is 6.47. The van der Waals surface area contributed by atoms with E-state index < -0.39 is 10.0 Å². The zero-order chi connectivity index (χ0) is 20.1. The lowest BCUT2D eigenvalue weighted by Gasteiger charge is -2.27. The highest BCUT2D eigenvalue weighted by Gasteiger charge is 2.22. The number of hydrogen-bond donors (Lipinski definition) is 1. The Morgan fingerprint density at radius 2 is 1.77 bits per heavy atom. The average molecular weight is 403 g/mol. The van der Waals surface area contributed by atoms with E-state index in [9.17, 15) is 13.2 Å². The Morgan fingerprint density at radius 1 is 1.19 bits per heavy atom. The van der Waals surface area contributed by atoms with E-state index in [0.29, 0.717) is 34.5 Å². The number of carbonyl (C=O) groups is 1. The Labute approximate surface area is 163 Å². The quantitative estimate of drug-likeness (QED) is 0.679. The van der Waals surface area contributed by atoms with Crippen molar-refractivity contribution < 1.29 is 13.2 Å². The van der Waals surface area contributed by atoms with Crippen molar-refractivity contribution in [2.75, 3.05) is 17.1 Å². The van der Waals surface area contributed by atoms with E-state index in [4.69, 9.17) is 11.6 Å². The van der Waals surface area contributed by atoms with E-state index >= 15 is 0 Å². The number of nitrogens with one attached hydrogen (secondary N) is 1. The number of anilines is 1. The van der Waals surface area contributed by atoms with Gasteiger partial charge in [-0.05, 0) is 42.9 Å². The summed E-state index contributed by atoms with van der Waals surface area (Å²) in [5.74, 6) is 0.648. The van der Waals surface area contributed by atoms with Crippen molar-refractivity contribution in [2.45, 2.75) is 53.5 Å². The Balaban J connectivity index is 2.78. The molecule has 0 spiro atoms. The minimum Gasteiger partial charge on any atom is -0.353 e. The average Bonchev–Trinajstić information content (AvgIpc) is 2.50. The van der Waals surface area contributed by atoms with Gasteiger partial charge in [0, 0.05) is 24.0 Å². The molecular formula is C19H31ClN2O3S. The fraction of sp³-hybridized carbons (Fsp3) is 0.632. The van der Waals surface area contributed by atoms with Crippen molar-refractivity contribution in [3.8, 4) is 0 Å². The van der Waals surface area contributed by atoms with Crippen molar-refractivity contribution in [1.82, 2.24) is 5.32 Å². The van der Waals surface area contributed by atoms with Gasteiger partial charge in [-0.15, -0.1) is 0 Å². The van der Waals surface area contributed by atoms with Crippen LogP contribution in [0.2, 0.25) is 5.02 Å². The first-order chi connectivity index (χ1) is 11.9. The molecule has 0 fully saturated rings. The highest BCUT2D eigenvalue weighted by molar-refractivity contribution is 7.92. The van der Waals surface area contributed by atoms with Gasteiger partial charge in [0.05, 0.1) is 11.9 Å². The van der Waals surface area contributed by atoms with Gasteiger partial charge in [0.25, 0.3) is 0 Å². The zero-order valence-corrected chi connectivity index (χ0v) is 18.1. The highest BCUT2D eigenvalue weighted by Crippen LogP contribution is 2.28. The molecule has 1 aromatic rings. The van der Waals surface area contributed by atoms with Gasteiger partial charge in [0.1, 0.15) is 0 Å². The summed E-state index contributed by atoms with van der Waals surface area (Å²) in [7, 11) is -3.46. The standard InChI is InChI=1S/C19H31ClN2O3S/c1-13(2)19(14(3)4)21-18(23)11-8-12-22(26(6,24)25)17-10-7-9-16(20)15(17)5/h7,9-10,13-14,19H,8,11-12H2,1-6H3,(H,21,23). The number of benzene rings is 1. The van der Waals surface area contributed by atoms with E-state index in [2.05, 4.69) is 33.0 Å². The predicted molar refractivity (Wildman–Crippen MR) is 109 cm³/mol. The van der Waals surface area contributed by atoms with Crippen LogP contribution < -0.4 is 9.62 Å². The molecular weight excluding hydrogens is 372 g/mol.